The molecule has 2 amide bonds. The van der Waals surface area contributed by atoms with Gasteiger partial charge in [-0.15, -0.1) is 0 Å². The van der Waals surface area contributed by atoms with Gasteiger partial charge >= 0.3 is 0 Å². The normalized spacial score (nSPS) is 16.8. The van der Waals surface area contributed by atoms with E-state index in [0.29, 0.717) is 37.4 Å². The molecule has 2 aromatic rings. The van der Waals surface area contributed by atoms with E-state index < -0.39 is 0 Å². The SMILES string of the molecule is CC1CN(C(=O)c2ccc(NC(=O)CCc3cccc(F)c3)cc2)CCO1. The smallest absolute Gasteiger partial charge is 0.254 e. The Labute approximate surface area is 158 Å². The van der Waals surface area contributed by atoms with Gasteiger partial charge in [0.2, 0.25) is 5.91 Å². The fourth-order valence-electron chi connectivity index (χ4n) is 3.06. The lowest BCUT2D eigenvalue weighted by Crippen LogP contribution is -2.44. The van der Waals surface area contributed by atoms with E-state index in [1.807, 2.05) is 6.92 Å². The Balaban J connectivity index is 1.52. The van der Waals surface area contributed by atoms with Crippen molar-refractivity contribution >= 4 is 17.5 Å². The first-order valence-electron chi connectivity index (χ1n) is 9.06. The number of benzene rings is 2. The Morgan fingerprint density at radius 1 is 1.22 bits per heavy atom. The van der Waals surface area contributed by atoms with Gasteiger partial charge in [0.25, 0.3) is 5.91 Å². The van der Waals surface area contributed by atoms with Crippen molar-refractivity contribution in [3.8, 4) is 0 Å². The van der Waals surface area contributed by atoms with Gasteiger partial charge in [-0.3, -0.25) is 9.59 Å². The number of nitrogens with one attached hydrogen (secondary N) is 1. The fourth-order valence-corrected chi connectivity index (χ4v) is 3.06. The minimum atomic E-state index is -0.303. The van der Waals surface area contributed by atoms with Crippen molar-refractivity contribution in [1.82, 2.24) is 4.90 Å². The van der Waals surface area contributed by atoms with Crippen molar-refractivity contribution in [1.29, 1.82) is 0 Å². The Kier molecular flexibility index (Phi) is 6.19. The van der Waals surface area contributed by atoms with E-state index >= 15 is 0 Å². The molecule has 1 fully saturated rings. The lowest BCUT2D eigenvalue weighted by molar-refractivity contribution is -0.116. The lowest BCUT2D eigenvalue weighted by atomic mass is 10.1. The Morgan fingerprint density at radius 2 is 2.00 bits per heavy atom. The molecule has 0 spiro atoms. The van der Waals surface area contributed by atoms with Crippen LogP contribution >= 0.6 is 0 Å². The van der Waals surface area contributed by atoms with Crippen molar-refractivity contribution in [2.45, 2.75) is 25.9 Å². The van der Waals surface area contributed by atoms with Gasteiger partial charge in [-0.05, 0) is 55.3 Å². The van der Waals surface area contributed by atoms with Crippen LogP contribution in [0.3, 0.4) is 0 Å². The molecule has 6 heteroatoms. The van der Waals surface area contributed by atoms with Crippen LogP contribution in [0.15, 0.2) is 48.5 Å². The highest BCUT2D eigenvalue weighted by Crippen LogP contribution is 2.15. The van der Waals surface area contributed by atoms with E-state index in [1.54, 1.807) is 41.3 Å². The van der Waals surface area contributed by atoms with Crippen LogP contribution < -0.4 is 5.32 Å². The predicted molar refractivity (Wildman–Crippen MR) is 101 cm³/mol. The molecule has 0 aromatic heterocycles. The van der Waals surface area contributed by atoms with E-state index in [1.165, 1.54) is 12.1 Å². The monoisotopic (exact) mass is 370 g/mol. The van der Waals surface area contributed by atoms with Gasteiger partial charge in [0, 0.05) is 30.8 Å². The number of anilines is 1. The minimum Gasteiger partial charge on any atom is -0.375 e. The van der Waals surface area contributed by atoms with Crippen molar-refractivity contribution in [2.24, 2.45) is 0 Å². The molecule has 142 valence electrons. The molecule has 1 N–H and O–H groups in total. The molecule has 1 atom stereocenters. The number of nitrogens with zero attached hydrogens (tertiary/aromatic N) is 1. The number of hydrogen-bond donors (Lipinski definition) is 1. The van der Waals surface area contributed by atoms with Gasteiger partial charge in [0.15, 0.2) is 0 Å². The van der Waals surface area contributed by atoms with Crippen LogP contribution in [0.25, 0.3) is 0 Å². The Bertz CT molecular complexity index is 807. The molecule has 1 unspecified atom stereocenters. The van der Waals surface area contributed by atoms with Crippen LogP contribution in [0.5, 0.6) is 0 Å². The average Bonchev–Trinajstić information content (AvgIpc) is 2.66. The minimum absolute atomic E-state index is 0.0332. The molecule has 3 rings (SSSR count). The Hall–Kier alpha value is -2.73. The summed E-state index contributed by atoms with van der Waals surface area (Å²) in [6.07, 6.45) is 0.768. The maximum atomic E-state index is 13.2. The second kappa shape index (κ2) is 8.77. The summed E-state index contributed by atoms with van der Waals surface area (Å²) in [5.41, 5.74) is 2.00. The van der Waals surface area contributed by atoms with Crippen LogP contribution in [0.4, 0.5) is 10.1 Å². The molecule has 0 aliphatic carbocycles. The third-order valence-electron chi connectivity index (χ3n) is 4.47. The van der Waals surface area contributed by atoms with E-state index in [2.05, 4.69) is 5.32 Å². The summed E-state index contributed by atoms with van der Waals surface area (Å²) < 4.78 is 18.6. The molecule has 0 bridgehead atoms. The van der Waals surface area contributed by atoms with Crippen LogP contribution in [0, 0.1) is 5.82 Å². The van der Waals surface area contributed by atoms with Crippen molar-refractivity contribution in [3.63, 3.8) is 0 Å². The number of morpholine rings is 1. The van der Waals surface area contributed by atoms with Crippen molar-refractivity contribution in [3.05, 3.63) is 65.5 Å². The molecule has 1 aliphatic rings. The topological polar surface area (TPSA) is 58.6 Å². The summed E-state index contributed by atoms with van der Waals surface area (Å²) in [6.45, 7) is 3.66. The fraction of sp³-hybridized carbons (Fsp3) is 0.333. The van der Waals surface area contributed by atoms with Gasteiger partial charge in [0.05, 0.1) is 12.7 Å². The number of carbonyl (C=O) groups is 2. The number of carbonyl (C=O) groups excluding carboxylic acids is 2. The molecule has 0 saturated carbocycles. The highest BCUT2D eigenvalue weighted by molar-refractivity contribution is 5.96. The number of halogens is 1. The maximum Gasteiger partial charge on any atom is 0.254 e. The van der Waals surface area contributed by atoms with E-state index in [-0.39, 0.29) is 30.2 Å². The summed E-state index contributed by atoms with van der Waals surface area (Å²) >= 11 is 0. The predicted octanol–water partition coefficient (Wildman–Crippen LogP) is 3.26. The maximum absolute atomic E-state index is 13.2. The first-order valence-corrected chi connectivity index (χ1v) is 9.06. The molecule has 1 heterocycles. The van der Waals surface area contributed by atoms with Gasteiger partial charge < -0.3 is 15.0 Å². The van der Waals surface area contributed by atoms with E-state index in [0.717, 1.165) is 5.56 Å². The number of ether oxygens (including phenoxy) is 1. The Morgan fingerprint density at radius 3 is 2.70 bits per heavy atom. The second-order valence-electron chi connectivity index (χ2n) is 6.69. The van der Waals surface area contributed by atoms with Gasteiger partial charge in [-0.25, -0.2) is 4.39 Å². The molecular formula is C21H23FN2O3. The first-order chi connectivity index (χ1) is 13.0. The molecule has 1 aliphatic heterocycles. The van der Waals surface area contributed by atoms with Crippen molar-refractivity contribution in [2.75, 3.05) is 25.0 Å². The summed E-state index contributed by atoms with van der Waals surface area (Å²) in [5.74, 6) is -0.489. The zero-order valence-corrected chi connectivity index (χ0v) is 15.3. The number of rotatable bonds is 5. The molecule has 2 aromatic carbocycles. The van der Waals surface area contributed by atoms with Gasteiger partial charge in [-0.2, -0.15) is 0 Å². The van der Waals surface area contributed by atoms with Gasteiger partial charge in [-0.1, -0.05) is 12.1 Å². The summed E-state index contributed by atoms with van der Waals surface area (Å²) in [4.78, 5) is 26.4. The molecule has 27 heavy (non-hydrogen) atoms. The molecular weight excluding hydrogens is 347 g/mol. The van der Waals surface area contributed by atoms with Crippen LogP contribution in [-0.2, 0) is 16.0 Å². The molecule has 0 radical (unpaired) electrons. The number of amides is 2. The average molecular weight is 370 g/mol. The zero-order valence-electron chi connectivity index (χ0n) is 15.3. The van der Waals surface area contributed by atoms with Crippen LogP contribution in [0.2, 0.25) is 0 Å². The number of aryl methyl sites for hydroxylation is 1. The summed E-state index contributed by atoms with van der Waals surface area (Å²) in [7, 11) is 0. The summed E-state index contributed by atoms with van der Waals surface area (Å²) in [6, 6.07) is 13.1. The van der Waals surface area contributed by atoms with Crippen LogP contribution in [-0.4, -0.2) is 42.5 Å². The first kappa shape index (κ1) is 19.0. The quantitative estimate of drug-likeness (QED) is 0.879. The van der Waals surface area contributed by atoms with Gasteiger partial charge in [0.1, 0.15) is 5.82 Å². The highest BCUT2D eigenvalue weighted by atomic mass is 19.1. The number of hydrogen-bond acceptors (Lipinski definition) is 3. The largest absolute Gasteiger partial charge is 0.375 e. The molecule has 1 saturated heterocycles. The third-order valence-corrected chi connectivity index (χ3v) is 4.47. The van der Waals surface area contributed by atoms with Crippen molar-refractivity contribution < 1.29 is 18.7 Å². The highest BCUT2D eigenvalue weighted by Gasteiger charge is 2.22. The zero-order chi connectivity index (χ0) is 19.2. The third kappa shape index (κ3) is 5.37. The van der Waals surface area contributed by atoms with Crippen LogP contribution in [0.1, 0.15) is 29.3 Å². The van der Waals surface area contributed by atoms with E-state index in [4.69, 9.17) is 4.74 Å². The van der Waals surface area contributed by atoms with E-state index in [9.17, 15) is 14.0 Å². The molecule has 5 nitrogen and oxygen atoms in total. The standard InChI is InChI=1S/C21H23FN2O3/c1-15-14-24(11-12-27-15)21(26)17-6-8-19(9-7-17)23-20(25)10-5-16-3-2-4-18(22)13-16/h2-4,6-9,13,15H,5,10-12,14H2,1H3,(H,23,25). The lowest BCUT2D eigenvalue weighted by Gasteiger charge is -2.31. The summed E-state index contributed by atoms with van der Waals surface area (Å²) in [5, 5.41) is 2.80. The second-order valence-corrected chi connectivity index (χ2v) is 6.69.